The number of carbonyl (C=O) groups excluding carboxylic acids is 3. The lowest BCUT2D eigenvalue weighted by molar-refractivity contribution is -0.190. The van der Waals surface area contributed by atoms with Gasteiger partial charge in [0.05, 0.1) is 19.8 Å². The highest BCUT2D eigenvalue weighted by atomic mass is 19.4. The van der Waals surface area contributed by atoms with E-state index < -0.39 is 40.3 Å². The van der Waals surface area contributed by atoms with Crippen LogP contribution in [0.15, 0.2) is 53.7 Å². The zero-order chi connectivity index (χ0) is 28.8. The number of ketones is 1. The van der Waals surface area contributed by atoms with Crippen molar-refractivity contribution in [3.8, 4) is 11.5 Å². The second-order valence-corrected chi connectivity index (χ2v) is 10.7. The van der Waals surface area contributed by atoms with E-state index in [1.165, 1.54) is 26.4 Å². The lowest BCUT2D eigenvalue weighted by Gasteiger charge is -2.35. The van der Waals surface area contributed by atoms with Crippen LogP contribution in [0.4, 0.5) is 13.2 Å². The van der Waals surface area contributed by atoms with Gasteiger partial charge in [-0.25, -0.2) is 0 Å². The summed E-state index contributed by atoms with van der Waals surface area (Å²) in [4.78, 5) is 41.2. The summed E-state index contributed by atoms with van der Waals surface area (Å²) in [6.07, 6.45) is -5.19. The van der Waals surface area contributed by atoms with E-state index in [9.17, 15) is 27.6 Å². The minimum atomic E-state index is -5.26. The van der Waals surface area contributed by atoms with Crippen molar-refractivity contribution < 1.29 is 37.0 Å². The number of nitrogens with one attached hydrogen (secondary N) is 1. The molecule has 0 spiro atoms. The number of rotatable bonds is 7. The zero-order valence-corrected chi connectivity index (χ0v) is 22.5. The predicted octanol–water partition coefficient (Wildman–Crippen LogP) is 4.77. The van der Waals surface area contributed by atoms with Gasteiger partial charge in [-0.05, 0) is 55.0 Å². The summed E-state index contributed by atoms with van der Waals surface area (Å²) in [7, 11) is 2.95. The Labute approximate surface area is 225 Å². The maximum atomic E-state index is 15.0. The van der Waals surface area contributed by atoms with Crippen LogP contribution in [0, 0.1) is 12.3 Å². The largest absolute Gasteiger partial charge is 0.493 e. The van der Waals surface area contributed by atoms with Gasteiger partial charge in [-0.1, -0.05) is 37.6 Å². The molecular formula is C29H31F3N2O5. The van der Waals surface area contributed by atoms with Gasteiger partial charge in [-0.3, -0.25) is 14.4 Å². The fourth-order valence-electron chi connectivity index (χ4n) is 5.29. The van der Waals surface area contributed by atoms with E-state index >= 15 is 0 Å². The fraction of sp³-hybridized carbons (Fsp3) is 0.414. The molecule has 0 radical (unpaired) electrons. The minimum absolute atomic E-state index is 0.00302. The Bertz CT molecular complexity index is 1350. The van der Waals surface area contributed by atoms with Crippen molar-refractivity contribution in [2.45, 2.75) is 51.7 Å². The van der Waals surface area contributed by atoms with E-state index in [1.807, 2.05) is 5.32 Å². The Morgan fingerprint density at radius 1 is 1.00 bits per heavy atom. The number of benzene rings is 2. The quantitative estimate of drug-likeness (QED) is 0.543. The van der Waals surface area contributed by atoms with Crippen molar-refractivity contribution >= 4 is 17.6 Å². The summed E-state index contributed by atoms with van der Waals surface area (Å²) in [6.45, 7) is 5.18. The van der Waals surface area contributed by atoms with Crippen molar-refractivity contribution in [3.63, 3.8) is 0 Å². The van der Waals surface area contributed by atoms with Crippen LogP contribution >= 0.6 is 0 Å². The van der Waals surface area contributed by atoms with E-state index in [0.29, 0.717) is 17.1 Å². The van der Waals surface area contributed by atoms with E-state index in [2.05, 4.69) is 0 Å². The fourth-order valence-corrected chi connectivity index (χ4v) is 5.29. The molecule has 1 atom stereocenters. The van der Waals surface area contributed by atoms with Gasteiger partial charge in [-0.2, -0.15) is 13.2 Å². The van der Waals surface area contributed by atoms with Crippen molar-refractivity contribution in [2.24, 2.45) is 5.41 Å². The summed E-state index contributed by atoms with van der Waals surface area (Å²) in [5.41, 5.74) is -3.38. The average molecular weight is 545 g/mol. The molecule has 2 amide bonds. The molecule has 0 saturated heterocycles. The normalized spacial score (nSPS) is 20.7. The predicted molar refractivity (Wildman–Crippen MR) is 137 cm³/mol. The first-order valence-corrected chi connectivity index (χ1v) is 12.5. The molecule has 0 bridgehead atoms. The van der Waals surface area contributed by atoms with Crippen LogP contribution in [0.5, 0.6) is 11.5 Å². The Morgan fingerprint density at radius 3 is 2.23 bits per heavy atom. The molecule has 1 aliphatic heterocycles. The number of nitrogens with zero attached hydrogens (tertiary/aromatic N) is 1. The molecule has 0 unspecified atom stereocenters. The van der Waals surface area contributed by atoms with E-state index in [0.717, 1.165) is 10.5 Å². The molecular weight excluding hydrogens is 513 g/mol. The second-order valence-electron chi connectivity index (χ2n) is 10.7. The molecule has 2 aromatic carbocycles. The van der Waals surface area contributed by atoms with Crippen molar-refractivity contribution in [1.29, 1.82) is 0 Å². The number of carbonyl (C=O) groups is 3. The standard InChI is InChI=1S/C29H31F3N2O5/c1-17-6-9-19(10-7-17)25(36)33-28(29(30,31)32)24-20(15-27(2,3)16-21(24)35)34(26(28)37)13-12-18-8-11-22(38-4)23(14-18)39-5/h6-11,14H,12-13,15-16H2,1-5H3,(H,33,36)/t28-/m0/s1. The number of halogens is 3. The van der Waals surface area contributed by atoms with Gasteiger partial charge < -0.3 is 19.7 Å². The SMILES string of the molecule is COc1ccc(CCN2C(=O)[C@](NC(=O)c3ccc(C)cc3)(C(F)(F)F)C3=C2CC(C)(C)CC3=O)cc1OC. The molecule has 2 aliphatic rings. The van der Waals surface area contributed by atoms with Gasteiger partial charge in [0.2, 0.25) is 5.54 Å². The molecule has 0 aromatic heterocycles. The molecule has 0 saturated carbocycles. The molecule has 2 aromatic rings. The lowest BCUT2D eigenvalue weighted by Crippen LogP contribution is -2.66. The number of hydrogen-bond donors (Lipinski definition) is 1. The molecule has 1 aliphatic carbocycles. The molecule has 39 heavy (non-hydrogen) atoms. The van der Waals surface area contributed by atoms with Crippen LogP contribution in [0.25, 0.3) is 0 Å². The van der Waals surface area contributed by atoms with E-state index in [-0.39, 0.29) is 37.1 Å². The smallest absolute Gasteiger partial charge is 0.425 e. The molecule has 1 N–H and O–H groups in total. The third kappa shape index (κ3) is 4.99. The Kier molecular flexibility index (Phi) is 7.27. The zero-order valence-electron chi connectivity index (χ0n) is 22.5. The first-order valence-electron chi connectivity index (χ1n) is 12.5. The summed E-state index contributed by atoms with van der Waals surface area (Å²) >= 11 is 0. The van der Waals surface area contributed by atoms with E-state index in [4.69, 9.17) is 9.47 Å². The summed E-state index contributed by atoms with van der Waals surface area (Å²) in [5, 5.41) is 1.97. The first kappa shape index (κ1) is 28.2. The van der Waals surface area contributed by atoms with Crippen LogP contribution in [0.3, 0.4) is 0 Å². The maximum Gasteiger partial charge on any atom is 0.425 e. The van der Waals surface area contributed by atoms with E-state index in [1.54, 1.807) is 51.1 Å². The summed E-state index contributed by atoms with van der Waals surface area (Å²) < 4.78 is 55.5. The lowest BCUT2D eigenvalue weighted by atomic mass is 9.72. The number of amides is 2. The third-order valence-electron chi connectivity index (χ3n) is 7.23. The molecule has 1 heterocycles. The van der Waals surface area contributed by atoms with Crippen LogP contribution in [-0.2, 0) is 16.0 Å². The third-order valence-corrected chi connectivity index (χ3v) is 7.23. The van der Waals surface area contributed by atoms with Gasteiger partial charge in [0.15, 0.2) is 17.3 Å². The Balaban J connectivity index is 1.77. The Morgan fingerprint density at radius 2 is 1.64 bits per heavy atom. The van der Waals surface area contributed by atoms with Gasteiger partial charge in [0, 0.05) is 24.2 Å². The number of ether oxygens (including phenoxy) is 2. The minimum Gasteiger partial charge on any atom is -0.493 e. The number of methoxy groups -OCH3 is 2. The first-order chi connectivity index (χ1) is 18.2. The van der Waals surface area contributed by atoms with Crippen LogP contribution in [0.1, 0.15) is 48.2 Å². The van der Waals surface area contributed by atoms with Crippen molar-refractivity contribution in [1.82, 2.24) is 10.2 Å². The number of alkyl halides is 3. The molecule has 10 heteroatoms. The summed E-state index contributed by atoms with van der Waals surface area (Å²) in [6, 6.07) is 11.0. The van der Waals surface area contributed by atoms with Gasteiger partial charge >= 0.3 is 6.18 Å². The highest BCUT2D eigenvalue weighted by molar-refractivity contribution is 6.14. The summed E-state index contributed by atoms with van der Waals surface area (Å²) in [5.74, 6) is -2.35. The van der Waals surface area contributed by atoms with Gasteiger partial charge in [0.1, 0.15) is 0 Å². The maximum absolute atomic E-state index is 15.0. The van der Waals surface area contributed by atoms with Crippen LogP contribution in [-0.4, -0.2) is 55.0 Å². The van der Waals surface area contributed by atoms with Crippen LogP contribution in [0.2, 0.25) is 0 Å². The second kappa shape index (κ2) is 10.1. The highest BCUT2D eigenvalue weighted by Gasteiger charge is 2.71. The number of Topliss-reactive ketones (excluding diaryl/α,β-unsaturated/α-hetero) is 1. The molecule has 208 valence electrons. The number of allylic oxidation sites excluding steroid dienone is 1. The van der Waals surface area contributed by atoms with Gasteiger partial charge in [0.25, 0.3) is 11.8 Å². The molecule has 7 nitrogen and oxygen atoms in total. The highest BCUT2D eigenvalue weighted by Crippen LogP contribution is 2.51. The van der Waals surface area contributed by atoms with Crippen LogP contribution < -0.4 is 14.8 Å². The average Bonchev–Trinajstić information content (AvgIpc) is 3.09. The Hall–Kier alpha value is -3.82. The molecule has 4 rings (SSSR count). The number of hydrogen-bond acceptors (Lipinski definition) is 5. The van der Waals surface area contributed by atoms with Crippen molar-refractivity contribution in [2.75, 3.05) is 20.8 Å². The van der Waals surface area contributed by atoms with Crippen molar-refractivity contribution in [3.05, 3.63) is 70.4 Å². The van der Waals surface area contributed by atoms with Gasteiger partial charge in [-0.15, -0.1) is 0 Å². The topological polar surface area (TPSA) is 84.9 Å². The number of aryl methyl sites for hydroxylation is 1. The molecule has 0 fully saturated rings. The monoisotopic (exact) mass is 544 g/mol.